The van der Waals surface area contributed by atoms with Crippen LogP contribution in [0.15, 0.2) is 0 Å². The molecule has 2 heteroatoms. The van der Waals surface area contributed by atoms with Crippen molar-refractivity contribution in [1.29, 1.82) is 0 Å². The fourth-order valence-corrected chi connectivity index (χ4v) is 2.93. The van der Waals surface area contributed by atoms with E-state index in [2.05, 4.69) is 53.9 Å². The number of nitrogens with one attached hydrogen (secondary N) is 1. The van der Waals surface area contributed by atoms with Crippen molar-refractivity contribution in [3.8, 4) is 0 Å². The summed E-state index contributed by atoms with van der Waals surface area (Å²) in [6.45, 7) is 16.1. The highest BCUT2D eigenvalue weighted by Gasteiger charge is 2.68. The van der Waals surface area contributed by atoms with E-state index < -0.39 is 0 Å². The Hall–Kier alpha value is -0.0800. The van der Waals surface area contributed by atoms with E-state index in [0.717, 1.165) is 0 Å². The van der Waals surface area contributed by atoms with E-state index in [0.29, 0.717) is 22.8 Å². The zero-order chi connectivity index (χ0) is 11.4. The summed E-state index contributed by atoms with van der Waals surface area (Å²) in [5.41, 5.74) is 4.04. The SMILES string of the molecule is CC(C)(C)C(NN)C1C(C)(C)C1(C)C. The van der Waals surface area contributed by atoms with E-state index in [1.165, 1.54) is 0 Å². The van der Waals surface area contributed by atoms with Gasteiger partial charge in [-0.2, -0.15) is 0 Å². The maximum Gasteiger partial charge on any atom is 0.0297 e. The first-order valence-electron chi connectivity index (χ1n) is 5.53. The first-order chi connectivity index (χ1) is 6.06. The van der Waals surface area contributed by atoms with Crippen molar-refractivity contribution in [2.45, 2.75) is 54.5 Å². The average molecular weight is 198 g/mol. The van der Waals surface area contributed by atoms with E-state index in [9.17, 15) is 0 Å². The molecule has 1 rings (SSSR count). The molecule has 1 aliphatic carbocycles. The molecule has 0 aliphatic heterocycles. The number of hydrogen-bond donors (Lipinski definition) is 2. The predicted octanol–water partition coefficient (Wildman–Crippen LogP) is 2.55. The average Bonchev–Trinajstić information content (AvgIpc) is 2.30. The Bertz CT molecular complexity index is 209. The molecule has 1 fully saturated rings. The highest BCUT2D eigenvalue weighted by Crippen LogP contribution is 2.70. The maximum absolute atomic E-state index is 5.69. The summed E-state index contributed by atoms with van der Waals surface area (Å²) in [4.78, 5) is 0. The van der Waals surface area contributed by atoms with Crippen LogP contribution < -0.4 is 11.3 Å². The van der Waals surface area contributed by atoms with E-state index in [1.807, 2.05) is 0 Å². The van der Waals surface area contributed by atoms with Crippen LogP contribution in [-0.2, 0) is 0 Å². The molecule has 0 aromatic heterocycles. The third-order valence-corrected chi connectivity index (χ3v) is 4.58. The lowest BCUT2D eigenvalue weighted by molar-refractivity contribution is 0.216. The second-order valence-electron chi connectivity index (χ2n) is 6.93. The summed E-state index contributed by atoms with van der Waals surface area (Å²) in [6, 6.07) is 0.396. The first kappa shape index (κ1) is 12.0. The molecule has 0 spiro atoms. The van der Waals surface area contributed by atoms with Crippen molar-refractivity contribution in [2.75, 3.05) is 0 Å². The van der Waals surface area contributed by atoms with Gasteiger partial charge in [0.25, 0.3) is 0 Å². The molecule has 14 heavy (non-hydrogen) atoms. The fourth-order valence-electron chi connectivity index (χ4n) is 2.93. The van der Waals surface area contributed by atoms with Gasteiger partial charge in [0.05, 0.1) is 0 Å². The van der Waals surface area contributed by atoms with Gasteiger partial charge in [-0.3, -0.25) is 11.3 Å². The summed E-state index contributed by atoms with van der Waals surface area (Å²) in [5, 5.41) is 0. The number of hydrazine groups is 1. The van der Waals surface area contributed by atoms with Gasteiger partial charge in [-0.25, -0.2) is 0 Å². The molecule has 2 nitrogen and oxygen atoms in total. The molecule has 0 saturated heterocycles. The van der Waals surface area contributed by atoms with Crippen LogP contribution in [0.3, 0.4) is 0 Å². The van der Waals surface area contributed by atoms with Crippen molar-refractivity contribution in [3.63, 3.8) is 0 Å². The molecule has 0 heterocycles. The van der Waals surface area contributed by atoms with Crippen molar-refractivity contribution >= 4 is 0 Å². The molecule has 0 radical (unpaired) electrons. The highest BCUT2D eigenvalue weighted by atomic mass is 15.3. The molecule has 1 unspecified atom stereocenters. The van der Waals surface area contributed by atoms with Gasteiger partial charge in [-0.15, -0.1) is 0 Å². The third kappa shape index (κ3) is 1.49. The third-order valence-electron chi connectivity index (χ3n) is 4.58. The minimum atomic E-state index is 0.227. The van der Waals surface area contributed by atoms with Gasteiger partial charge in [0.15, 0.2) is 0 Å². The molecule has 1 saturated carbocycles. The molecular formula is C12H26N2. The topological polar surface area (TPSA) is 38.0 Å². The Morgan fingerprint density at radius 1 is 1.07 bits per heavy atom. The maximum atomic E-state index is 5.69. The van der Waals surface area contributed by atoms with Gasteiger partial charge < -0.3 is 0 Å². The normalized spacial score (nSPS) is 27.4. The second-order valence-corrected chi connectivity index (χ2v) is 6.93. The minimum absolute atomic E-state index is 0.227. The van der Waals surface area contributed by atoms with Gasteiger partial charge >= 0.3 is 0 Å². The molecule has 0 aromatic rings. The van der Waals surface area contributed by atoms with E-state index >= 15 is 0 Å². The molecule has 3 N–H and O–H groups in total. The molecule has 0 bridgehead atoms. The quantitative estimate of drug-likeness (QED) is 0.528. The van der Waals surface area contributed by atoms with Crippen molar-refractivity contribution in [2.24, 2.45) is 28.0 Å². The van der Waals surface area contributed by atoms with Crippen LogP contribution in [0.1, 0.15) is 48.5 Å². The smallest absolute Gasteiger partial charge is 0.0297 e. The van der Waals surface area contributed by atoms with Gasteiger partial charge in [-0.05, 0) is 22.2 Å². The van der Waals surface area contributed by atoms with Gasteiger partial charge in [0.2, 0.25) is 0 Å². The van der Waals surface area contributed by atoms with Gasteiger partial charge in [-0.1, -0.05) is 48.5 Å². The second kappa shape index (κ2) is 2.96. The van der Waals surface area contributed by atoms with Crippen LogP contribution in [0.2, 0.25) is 0 Å². The zero-order valence-corrected chi connectivity index (χ0v) is 10.7. The van der Waals surface area contributed by atoms with Gasteiger partial charge in [0, 0.05) is 6.04 Å². The van der Waals surface area contributed by atoms with Crippen LogP contribution in [0.5, 0.6) is 0 Å². The van der Waals surface area contributed by atoms with Crippen LogP contribution >= 0.6 is 0 Å². The standard InChI is InChI=1S/C12H26N2/c1-10(2,3)9(14-13)8-11(4,5)12(8,6)7/h8-9,14H,13H2,1-7H3. The highest BCUT2D eigenvalue weighted by molar-refractivity contribution is 5.17. The summed E-state index contributed by atoms with van der Waals surface area (Å²) in [6.07, 6.45) is 0. The minimum Gasteiger partial charge on any atom is -0.271 e. The zero-order valence-electron chi connectivity index (χ0n) is 10.7. The van der Waals surface area contributed by atoms with E-state index in [4.69, 9.17) is 5.84 Å². The Labute approximate surface area is 88.6 Å². The molecule has 0 amide bonds. The Morgan fingerprint density at radius 3 is 1.50 bits per heavy atom. The molecule has 0 aromatic carbocycles. The van der Waals surface area contributed by atoms with E-state index in [1.54, 1.807) is 0 Å². The van der Waals surface area contributed by atoms with Crippen molar-refractivity contribution in [3.05, 3.63) is 0 Å². The Balaban J connectivity index is 2.87. The number of hydrogen-bond acceptors (Lipinski definition) is 2. The lowest BCUT2D eigenvalue weighted by atomic mass is 9.81. The molecule has 1 aliphatic rings. The monoisotopic (exact) mass is 198 g/mol. The van der Waals surface area contributed by atoms with Crippen molar-refractivity contribution < 1.29 is 0 Å². The molecule has 1 atom stereocenters. The van der Waals surface area contributed by atoms with Crippen LogP contribution in [0, 0.1) is 22.2 Å². The molecule has 84 valence electrons. The predicted molar refractivity (Wildman–Crippen MR) is 61.6 cm³/mol. The van der Waals surface area contributed by atoms with Gasteiger partial charge in [0.1, 0.15) is 0 Å². The summed E-state index contributed by atoms with van der Waals surface area (Å²) < 4.78 is 0. The summed E-state index contributed by atoms with van der Waals surface area (Å²) in [5.74, 6) is 6.36. The fraction of sp³-hybridized carbons (Fsp3) is 1.00. The Kier molecular flexibility index (Phi) is 2.53. The first-order valence-corrected chi connectivity index (χ1v) is 5.53. The van der Waals surface area contributed by atoms with E-state index in [-0.39, 0.29) is 5.41 Å². The van der Waals surface area contributed by atoms with Crippen LogP contribution in [0.4, 0.5) is 0 Å². The Morgan fingerprint density at radius 2 is 1.43 bits per heavy atom. The lowest BCUT2D eigenvalue weighted by Gasteiger charge is -2.32. The van der Waals surface area contributed by atoms with Crippen LogP contribution in [0.25, 0.3) is 0 Å². The summed E-state index contributed by atoms with van der Waals surface area (Å²) >= 11 is 0. The molecular weight excluding hydrogens is 172 g/mol. The number of nitrogens with two attached hydrogens (primary N) is 1. The summed E-state index contributed by atoms with van der Waals surface area (Å²) in [7, 11) is 0. The lowest BCUT2D eigenvalue weighted by Crippen LogP contribution is -2.47. The largest absolute Gasteiger partial charge is 0.271 e. The van der Waals surface area contributed by atoms with Crippen molar-refractivity contribution in [1.82, 2.24) is 5.43 Å². The number of rotatable bonds is 2. The van der Waals surface area contributed by atoms with Crippen LogP contribution in [-0.4, -0.2) is 6.04 Å².